The molecule has 4 aliphatic rings. The molecule has 10 nitrogen and oxygen atoms in total. The number of halogens is 2. The summed E-state index contributed by atoms with van der Waals surface area (Å²) in [5.41, 5.74) is 2.28. The van der Waals surface area contributed by atoms with Gasteiger partial charge < -0.3 is 24.3 Å². The van der Waals surface area contributed by atoms with Gasteiger partial charge in [0.05, 0.1) is 8.86 Å². The molecule has 2 amide bonds. The first kappa shape index (κ1) is 30.0. The summed E-state index contributed by atoms with van der Waals surface area (Å²) in [6.45, 7) is 5.31. The first-order chi connectivity index (χ1) is 21.2. The number of fused-ring (bicyclic) bond motifs is 6. The van der Waals surface area contributed by atoms with Crippen LogP contribution in [0.1, 0.15) is 16.7 Å². The molecule has 3 aromatic carbocycles. The molecule has 3 aromatic rings. The minimum Gasteiger partial charge on any atom is -0.456 e. The fraction of sp³-hybridized carbons (Fsp3) is 0.355. The highest BCUT2D eigenvalue weighted by atomic mass is 127. The molecule has 1 spiro atoms. The van der Waals surface area contributed by atoms with E-state index >= 15 is 0 Å². The number of carbonyl (C=O) groups is 2. The van der Waals surface area contributed by atoms with Crippen LogP contribution in [0.25, 0.3) is 0 Å². The second-order valence-corrected chi connectivity index (χ2v) is 14.2. The van der Waals surface area contributed by atoms with Crippen LogP contribution in [0, 0.1) is 0 Å². The molecule has 0 radical (unpaired) electrons. The lowest BCUT2D eigenvalue weighted by Gasteiger charge is -2.39. The maximum absolute atomic E-state index is 13.5. The molecule has 230 valence electrons. The van der Waals surface area contributed by atoms with Gasteiger partial charge in [0.15, 0.2) is 5.60 Å². The van der Waals surface area contributed by atoms with Crippen LogP contribution in [0.3, 0.4) is 0 Å². The zero-order chi connectivity index (χ0) is 30.6. The van der Waals surface area contributed by atoms with E-state index in [1.807, 2.05) is 58.3 Å². The number of hydrogen-bond donors (Lipinski definition) is 0. The molecule has 44 heavy (non-hydrogen) atoms. The van der Waals surface area contributed by atoms with Crippen LogP contribution in [-0.2, 0) is 29.5 Å². The Morgan fingerprint density at radius 3 is 1.64 bits per heavy atom. The van der Waals surface area contributed by atoms with E-state index in [2.05, 4.69) is 55.0 Å². The largest absolute Gasteiger partial charge is 0.456 e. The van der Waals surface area contributed by atoms with Crippen molar-refractivity contribution in [1.29, 1.82) is 0 Å². The molecular formula is C31H30I2N4O6S. The van der Waals surface area contributed by atoms with Crippen molar-refractivity contribution in [1.82, 2.24) is 9.80 Å². The van der Waals surface area contributed by atoms with E-state index in [9.17, 15) is 18.0 Å². The number of carbonyl (C=O) groups excluding carboxylic acids is 2. The zero-order valence-electron chi connectivity index (χ0n) is 23.7. The van der Waals surface area contributed by atoms with Crippen molar-refractivity contribution in [3.05, 3.63) is 77.4 Å². The average Bonchev–Trinajstić information content (AvgIpc) is 3.30. The summed E-state index contributed by atoms with van der Waals surface area (Å²) in [6.07, 6.45) is 0. The van der Waals surface area contributed by atoms with Crippen molar-refractivity contribution < 1.29 is 26.9 Å². The number of rotatable bonds is 4. The minimum atomic E-state index is -4.05. The predicted molar refractivity (Wildman–Crippen MR) is 183 cm³/mol. The van der Waals surface area contributed by atoms with Gasteiger partial charge in [0.1, 0.15) is 16.4 Å². The lowest BCUT2D eigenvalue weighted by atomic mass is 9.78. The maximum atomic E-state index is 13.5. The molecule has 4 aliphatic heterocycles. The standard InChI is InChI=1S/C31H30I2N4O6S/c32-19-29(38)36-13-9-34(10-14-36)21-5-7-23-26(17-21)42-27-18-22(35-11-15-37(16-12-35)30(39)20-33)6-8-24(27)31(23)25-3-1-2-4-28(25)44(40,41)43-31/h1-8,17-18H,9-16,19-20H2. The van der Waals surface area contributed by atoms with E-state index in [1.165, 1.54) is 0 Å². The second-order valence-electron chi connectivity index (χ2n) is 11.2. The summed E-state index contributed by atoms with van der Waals surface area (Å²) >= 11 is 4.20. The van der Waals surface area contributed by atoms with Crippen LogP contribution < -0.4 is 14.5 Å². The van der Waals surface area contributed by atoms with Crippen LogP contribution in [0.2, 0.25) is 0 Å². The number of alkyl halides is 2. The number of hydrogen-bond acceptors (Lipinski definition) is 8. The lowest BCUT2D eigenvalue weighted by molar-refractivity contribution is -0.129. The summed E-state index contributed by atoms with van der Waals surface area (Å²) < 4.78 is 40.6. The first-order valence-electron chi connectivity index (χ1n) is 14.4. The molecule has 0 N–H and O–H groups in total. The molecule has 0 atom stereocenters. The number of benzene rings is 3. The summed E-state index contributed by atoms with van der Waals surface area (Å²) in [5, 5.41) is 0. The summed E-state index contributed by atoms with van der Waals surface area (Å²) in [4.78, 5) is 32.8. The Bertz CT molecular complexity index is 1670. The number of ether oxygens (including phenoxy) is 1. The topological polar surface area (TPSA) is 99.7 Å². The van der Waals surface area contributed by atoms with Gasteiger partial charge in [-0.3, -0.25) is 9.59 Å². The van der Waals surface area contributed by atoms with E-state index in [4.69, 9.17) is 8.92 Å². The highest BCUT2D eigenvalue weighted by molar-refractivity contribution is 14.1. The Morgan fingerprint density at radius 2 is 1.16 bits per heavy atom. The number of anilines is 2. The Morgan fingerprint density at radius 1 is 0.682 bits per heavy atom. The molecular weight excluding hydrogens is 810 g/mol. The molecule has 2 fully saturated rings. The van der Waals surface area contributed by atoms with Crippen molar-refractivity contribution >= 4 is 78.5 Å². The summed E-state index contributed by atoms with van der Waals surface area (Å²) in [7, 11) is -4.05. The van der Waals surface area contributed by atoms with Crippen molar-refractivity contribution in [2.75, 3.05) is 71.0 Å². The van der Waals surface area contributed by atoms with Gasteiger partial charge in [-0.2, -0.15) is 8.42 Å². The van der Waals surface area contributed by atoms with E-state index < -0.39 is 15.7 Å². The summed E-state index contributed by atoms with van der Waals surface area (Å²) in [5.74, 6) is 1.35. The fourth-order valence-corrected chi connectivity index (χ4v) is 9.02. The van der Waals surface area contributed by atoms with Gasteiger partial charge in [-0.15, -0.1) is 0 Å². The molecule has 2 saturated heterocycles. The monoisotopic (exact) mass is 840 g/mol. The normalized spacial score (nSPS) is 19.7. The Hall–Kier alpha value is -2.63. The van der Waals surface area contributed by atoms with Crippen molar-refractivity contribution in [3.63, 3.8) is 0 Å². The third kappa shape index (κ3) is 4.94. The van der Waals surface area contributed by atoms with E-state index in [0.29, 0.717) is 89.4 Å². The van der Waals surface area contributed by atoms with Crippen LogP contribution in [0.5, 0.6) is 11.5 Å². The quantitative estimate of drug-likeness (QED) is 0.222. The number of piperazine rings is 2. The van der Waals surface area contributed by atoms with E-state index in [-0.39, 0.29) is 16.7 Å². The van der Waals surface area contributed by atoms with Crippen LogP contribution in [0.15, 0.2) is 65.6 Å². The third-order valence-electron chi connectivity index (χ3n) is 8.90. The number of amides is 2. The van der Waals surface area contributed by atoms with Gasteiger partial charge in [0.2, 0.25) is 11.8 Å². The highest BCUT2D eigenvalue weighted by Gasteiger charge is 2.55. The minimum absolute atomic E-state index is 0.143. The maximum Gasteiger partial charge on any atom is 0.298 e. The molecule has 0 aliphatic carbocycles. The highest BCUT2D eigenvalue weighted by Crippen LogP contribution is 2.58. The molecule has 0 saturated carbocycles. The first-order valence-corrected chi connectivity index (χ1v) is 18.9. The molecule has 0 aromatic heterocycles. The predicted octanol–water partition coefficient (Wildman–Crippen LogP) is 3.97. The number of nitrogens with zero attached hydrogens (tertiary/aromatic N) is 4. The molecule has 7 rings (SSSR count). The van der Waals surface area contributed by atoms with Crippen LogP contribution in [-0.4, -0.2) is 91.2 Å². The van der Waals surface area contributed by atoms with Crippen molar-refractivity contribution in [2.24, 2.45) is 0 Å². The molecule has 13 heteroatoms. The molecule has 4 heterocycles. The Kier molecular flexibility index (Phi) is 7.94. The average molecular weight is 840 g/mol. The van der Waals surface area contributed by atoms with Gasteiger partial charge in [-0.25, -0.2) is 4.18 Å². The van der Waals surface area contributed by atoms with E-state index in [0.717, 1.165) is 11.4 Å². The van der Waals surface area contributed by atoms with Crippen molar-refractivity contribution in [3.8, 4) is 11.5 Å². The second kappa shape index (κ2) is 11.6. The fourth-order valence-electron chi connectivity index (χ4n) is 6.64. The lowest BCUT2D eigenvalue weighted by Crippen LogP contribution is -2.49. The van der Waals surface area contributed by atoms with Crippen molar-refractivity contribution in [2.45, 2.75) is 10.5 Å². The third-order valence-corrected chi connectivity index (χ3v) is 11.6. The van der Waals surface area contributed by atoms with Gasteiger partial charge in [-0.05, 0) is 30.3 Å². The van der Waals surface area contributed by atoms with E-state index in [1.54, 1.807) is 12.1 Å². The van der Waals surface area contributed by atoms with Gasteiger partial charge >= 0.3 is 0 Å². The van der Waals surface area contributed by atoms with Gasteiger partial charge in [0, 0.05) is 92.6 Å². The SMILES string of the molecule is O=C(CI)N1CCN(c2ccc3c(c2)Oc2cc(N4CCN(C(=O)CI)CC4)ccc2C32OS(=O)(=O)c3ccccc32)CC1. The van der Waals surface area contributed by atoms with Crippen LogP contribution in [0.4, 0.5) is 11.4 Å². The smallest absolute Gasteiger partial charge is 0.298 e. The molecule has 0 bridgehead atoms. The van der Waals surface area contributed by atoms with Gasteiger partial charge in [0.25, 0.3) is 10.1 Å². The van der Waals surface area contributed by atoms with Crippen LogP contribution >= 0.6 is 45.2 Å². The summed E-state index contributed by atoms with van der Waals surface area (Å²) in [6, 6.07) is 18.6. The van der Waals surface area contributed by atoms with Gasteiger partial charge in [-0.1, -0.05) is 63.4 Å². The Balaban J connectivity index is 1.28. The zero-order valence-corrected chi connectivity index (χ0v) is 28.9. The molecule has 0 unspecified atom stereocenters. The Labute approximate surface area is 283 Å².